The largest absolute Gasteiger partial charge is 0.437 e. The second-order valence-corrected chi connectivity index (χ2v) is 1.44. The Bertz CT molecular complexity index is 171. The molecule has 0 aromatic carbocycles. The number of aryl methyl sites for hydroxylation is 1. The fourth-order valence-corrected chi connectivity index (χ4v) is 0.436. The normalized spacial score (nSPS) is 9.75. The van der Waals surface area contributed by atoms with Crippen LogP contribution in [0.4, 0.5) is 0 Å². The van der Waals surface area contributed by atoms with Gasteiger partial charge in [-0.25, -0.2) is 4.98 Å². The van der Waals surface area contributed by atoms with Crippen molar-refractivity contribution in [3.63, 3.8) is 0 Å². The van der Waals surface area contributed by atoms with Crippen molar-refractivity contribution in [3.8, 4) is 0 Å². The van der Waals surface area contributed by atoms with Crippen LogP contribution in [0, 0.1) is 13.2 Å². The van der Waals surface area contributed by atoms with Crippen LogP contribution in [-0.4, -0.2) is 10.1 Å². The van der Waals surface area contributed by atoms with Crippen molar-refractivity contribution in [1.29, 1.82) is 0 Å². The van der Waals surface area contributed by atoms with Gasteiger partial charge in [-0.1, -0.05) is 0 Å². The first-order valence-electron chi connectivity index (χ1n) is 2.28. The molecule has 0 bridgehead atoms. The van der Waals surface area contributed by atoms with Crippen LogP contribution in [0.3, 0.4) is 0 Å². The summed E-state index contributed by atoms with van der Waals surface area (Å²) in [5.74, 6) is 0.536. The smallest absolute Gasteiger partial charge is 0.197 e. The zero-order chi connectivity index (χ0) is 5.98. The van der Waals surface area contributed by atoms with E-state index in [1.165, 1.54) is 0 Å². The molecule has 0 amide bonds. The molecule has 0 aliphatic rings. The lowest BCUT2D eigenvalue weighted by Gasteiger charge is -1.76. The van der Waals surface area contributed by atoms with E-state index in [2.05, 4.69) is 15.7 Å². The summed E-state index contributed by atoms with van der Waals surface area (Å²) in [6.45, 7) is 1.60. The SMILES string of the molecule is Cc1nc(CO)[c]o1. The molecule has 0 aliphatic heterocycles. The molecule has 0 spiro atoms. The van der Waals surface area contributed by atoms with Crippen molar-refractivity contribution < 1.29 is 9.52 Å². The average Bonchev–Trinajstić information content (AvgIpc) is 2.14. The van der Waals surface area contributed by atoms with E-state index in [4.69, 9.17) is 5.11 Å². The van der Waals surface area contributed by atoms with Gasteiger partial charge in [0.15, 0.2) is 12.2 Å². The van der Waals surface area contributed by atoms with Crippen molar-refractivity contribution in [2.45, 2.75) is 13.5 Å². The monoisotopic (exact) mass is 112 g/mol. The average molecular weight is 112 g/mol. The highest BCUT2D eigenvalue weighted by Gasteiger charge is 1.95. The van der Waals surface area contributed by atoms with Gasteiger partial charge in [-0.05, 0) is 0 Å². The van der Waals surface area contributed by atoms with Crippen LogP contribution in [0.2, 0.25) is 0 Å². The number of hydrogen-bond donors (Lipinski definition) is 1. The Morgan fingerprint density at radius 2 is 2.62 bits per heavy atom. The van der Waals surface area contributed by atoms with Crippen molar-refractivity contribution in [2.75, 3.05) is 0 Å². The van der Waals surface area contributed by atoms with Crippen molar-refractivity contribution in [2.24, 2.45) is 0 Å². The summed E-state index contributed by atoms with van der Waals surface area (Å²) in [6.07, 6.45) is 2.42. The quantitative estimate of drug-likeness (QED) is 0.567. The first kappa shape index (κ1) is 5.31. The first-order chi connectivity index (χ1) is 3.83. The lowest BCUT2D eigenvalue weighted by atomic mass is 10.5. The van der Waals surface area contributed by atoms with Crippen molar-refractivity contribution in [1.82, 2.24) is 4.98 Å². The predicted octanol–water partition coefficient (Wildman–Crippen LogP) is 0.276. The third-order valence-corrected chi connectivity index (χ3v) is 0.759. The van der Waals surface area contributed by atoms with E-state index in [1.54, 1.807) is 6.92 Å². The van der Waals surface area contributed by atoms with Crippen molar-refractivity contribution >= 4 is 0 Å². The summed E-state index contributed by atoms with van der Waals surface area (Å²) in [7, 11) is 0. The number of aromatic nitrogens is 1. The highest BCUT2D eigenvalue weighted by molar-refractivity contribution is 4.90. The predicted molar refractivity (Wildman–Crippen MR) is 26.0 cm³/mol. The van der Waals surface area contributed by atoms with Gasteiger partial charge in [0.1, 0.15) is 5.69 Å². The number of nitrogens with zero attached hydrogens (tertiary/aromatic N) is 1. The molecule has 1 aromatic heterocycles. The fourth-order valence-electron chi connectivity index (χ4n) is 0.436. The fraction of sp³-hybridized carbons (Fsp3) is 0.400. The Hall–Kier alpha value is -0.830. The number of hydrogen-bond acceptors (Lipinski definition) is 3. The second kappa shape index (κ2) is 1.96. The maximum Gasteiger partial charge on any atom is 0.197 e. The molecule has 0 saturated heterocycles. The van der Waals surface area contributed by atoms with E-state index >= 15 is 0 Å². The lowest BCUT2D eigenvalue weighted by Crippen LogP contribution is -1.80. The van der Waals surface area contributed by atoms with Gasteiger partial charge in [-0.3, -0.25) is 0 Å². The highest BCUT2D eigenvalue weighted by atomic mass is 16.3. The third-order valence-electron chi connectivity index (χ3n) is 0.759. The minimum absolute atomic E-state index is 0.0999. The van der Waals surface area contributed by atoms with Gasteiger partial charge < -0.3 is 9.52 Å². The van der Waals surface area contributed by atoms with Crippen LogP contribution < -0.4 is 0 Å². The molecule has 1 N–H and O–H groups in total. The second-order valence-electron chi connectivity index (χ2n) is 1.44. The van der Waals surface area contributed by atoms with E-state index < -0.39 is 0 Å². The maximum atomic E-state index is 8.40. The molecule has 1 radical (unpaired) electrons. The Morgan fingerprint density at radius 3 is 2.88 bits per heavy atom. The molecule has 3 nitrogen and oxygen atoms in total. The molecule has 8 heavy (non-hydrogen) atoms. The molecular weight excluding hydrogens is 106 g/mol. The Balaban J connectivity index is 2.84. The molecule has 43 valence electrons. The van der Waals surface area contributed by atoms with E-state index in [0.717, 1.165) is 0 Å². The summed E-state index contributed by atoms with van der Waals surface area (Å²) >= 11 is 0. The molecule has 0 fully saturated rings. The summed E-state index contributed by atoms with van der Waals surface area (Å²) < 4.78 is 4.66. The molecule has 0 saturated carbocycles. The van der Waals surface area contributed by atoms with Crippen LogP contribution in [-0.2, 0) is 6.61 Å². The minimum Gasteiger partial charge on any atom is -0.437 e. The zero-order valence-corrected chi connectivity index (χ0v) is 4.51. The number of aliphatic hydroxyl groups excluding tert-OH is 1. The molecule has 1 aromatic rings. The van der Waals surface area contributed by atoms with Crippen LogP contribution >= 0.6 is 0 Å². The highest BCUT2D eigenvalue weighted by Crippen LogP contribution is 1.96. The van der Waals surface area contributed by atoms with E-state index in [-0.39, 0.29) is 6.61 Å². The van der Waals surface area contributed by atoms with Gasteiger partial charge in [0.05, 0.1) is 6.61 Å². The van der Waals surface area contributed by atoms with Gasteiger partial charge in [0, 0.05) is 6.92 Å². The first-order valence-corrected chi connectivity index (χ1v) is 2.28. The zero-order valence-electron chi connectivity index (χ0n) is 4.51. The summed E-state index contributed by atoms with van der Waals surface area (Å²) in [4.78, 5) is 3.76. The minimum atomic E-state index is -0.0999. The Kier molecular flexibility index (Phi) is 1.30. The molecule has 0 aliphatic carbocycles. The molecule has 0 atom stereocenters. The Morgan fingerprint density at radius 1 is 1.88 bits per heavy atom. The Labute approximate surface area is 47.0 Å². The summed E-state index contributed by atoms with van der Waals surface area (Å²) in [5, 5.41) is 8.40. The lowest BCUT2D eigenvalue weighted by molar-refractivity contribution is 0.276. The topological polar surface area (TPSA) is 46.3 Å². The van der Waals surface area contributed by atoms with Gasteiger partial charge in [-0.2, -0.15) is 0 Å². The van der Waals surface area contributed by atoms with Crippen LogP contribution in [0.1, 0.15) is 11.6 Å². The number of aliphatic hydroxyl groups is 1. The number of oxazole rings is 1. The van der Waals surface area contributed by atoms with Gasteiger partial charge in [0.25, 0.3) is 0 Å². The standard InChI is InChI=1S/C5H6NO2/c1-4-6-5(2-7)3-8-4/h7H,2H2,1H3. The van der Waals surface area contributed by atoms with Crippen LogP contribution in [0.25, 0.3) is 0 Å². The summed E-state index contributed by atoms with van der Waals surface area (Å²) in [6, 6.07) is 0. The van der Waals surface area contributed by atoms with E-state index in [0.29, 0.717) is 11.6 Å². The molecule has 1 heterocycles. The van der Waals surface area contributed by atoms with Gasteiger partial charge in [-0.15, -0.1) is 0 Å². The van der Waals surface area contributed by atoms with Crippen LogP contribution in [0.5, 0.6) is 0 Å². The third kappa shape index (κ3) is 0.869. The molecular formula is C5H6NO2. The van der Waals surface area contributed by atoms with Gasteiger partial charge >= 0.3 is 0 Å². The molecule has 3 heteroatoms. The molecule has 0 unspecified atom stereocenters. The van der Waals surface area contributed by atoms with Crippen molar-refractivity contribution in [3.05, 3.63) is 17.8 Å². The summed E-state index contributed by atoms with van der Waals surface area (Å²) in [5.41, 5.74) is 0.461. The van der Waals surface area contributed by atoms with E-state index in [1.807, 2.05) is 0 Å². The maximum absolute atomic E-state index is 8.40. The van der Waals surface area contributed by atoms with Crippen LogP contribution in [0.15, 0.2) is 4.42 Å². The molecule has 1 rings (SSSR count). The van der Waals surface area contributed by atoms with E-state index in [9.17, 15) is 0 Å². The number of rotatable bonds is 1. The van der Waals surface area contributed by atoms with Gasteiger partial charge in [0.2, 0.25) is 0 Å².